The molecular weight excluding hydrogens is 616 g/mol. The molecule has 0 unspecified atom stereocenters. The number of amides is 2. The van der Waals surface area contributed by atoms with E-state index in [2.05, 4.69) is 23.4 Å². The first-order chi connectivity index (χ1) is 22.8. The van der Waals surface area contributed by atoms with Gasteiger partial charge in [0.2, 0.25) is 0 Å². The second-order valence-corrected chi connectivity index (χ2v) is 12.8. The quantitative estimate of drug-likeness (QED) is 0.158. The Morgan fingerprint density at radius 1 is 1.11 bits per heavy atom. The largest absolute Gasteiger partial charge is 0.496 e. The SMILES string of the molecule is CCC[C@@H](C)NC(=O)c1ccc(OC)c(Cn2cc(-c3cccc4c3[C@H]3C[C@H]3CN4C(=O)OCCOc3cccc(Cl)c3C)cn2)c1. The lowest BCUT2D eigenvalue weighted by atomic mass is 9.93. The van der Waals surface area contributed by atoms with Gasteiger partial charge in [-0.3, -0.25) is 14.4 Å². The molecule has 47 heavy (non-hydrogen) atoms. The van der Waals surface area contributed by atoms with E-state index >= 15 is 0 Å². The zero-order valence-corrected chi connectivity index (χ0v) is 28.0. The van der Waals surface area contributed by atoms with Gasteiger partial charge in [-0.1, -0.05) is 43.1 Å². The fourth-order valence-corrected chi connectivity index (χ4v) is 6.63. The number of benzene rings is 3. The van der Waals surface area contributed by atoms with E-state index in [4.69, 9.17) is 25.8 Å². The molecule has 1 saturated carbocycles. The molecule has 1 N–H and O–H groups in total. The van der Waals surface area contributed by atoms with Crippen molar-refractivity contribution >= 4 is 29.3 Å². The number of carbonyl (C=O) groups is 2. The average Bonchev–Trinajstić information content (AvgIpc) is 3.72. The number of carbonyl (C=O) groups excluding carboxylic acids is 2. The van der Waals surface area contributed by atoms with Crippen LogP contribution < -0.4 is 19.7 Å². The summed E-state index contributed by atoms with van der Waals surface area (Å²) < 4.78 is 19.0. The van der Waals surface area contributed by atoms with Gasteiger partial charge in [-0.25, -0.2) is 4.79 Å². The fraction of sp³-hybridized carbons (Fsp3) is 0.378. The van der Waals surface area contributed by atoms with Crippen molar-refractivity contribution in [3.8, 4) is 22.6 Å². The molecule has 2 aliphatic rings. The molecule has 1 aromatic heterocycles. The summed E-state index contributed by atoms with van der Waals surface area (Å²) in [7, 11) is 1.63. The first-order valence-corrected chi connectivity index (χ1v) is 16.6. The Morgan fingerprint density at radius 3 is 2.74 bits per heavy atom. The van der Waals surface area contributed by atoms with E-state index in [1.807, 2.05) is 73.4 Å². The topological polar surface area (TPSA) is 94.9 Å². The van der Waals surface area contributed by atoms with Crippen LogP contribution in [0.25, 0.3) is 11.1 Å². The standard InChI is InChI=1S/C37H41ClN4O5/c1-5-8-23(2)40-36(43)25-13-14-34(45-4)27(17-25)20-41-21-28(19-39-41)29-9-6-11-32-35(29)30-18-26(30)22-42(32)37(44)47-16-15-46-33-12-7-10-31(38)24(33)3/h6-7,9-14,17,19,21,23,26,30H,5,8,15-16,18,20,22H2,1-4H3,(H,40,43)/t23-,26+,30+/m1/s1. The molecule has 9 nitrogen and oxygen atoms in total. The second kappa shape index (κ2) is 14.1. The van der Waals surface area contributed by atoms with Crippen LogP contribution in [0.2, 0.25) is 5.02 Å². The predicted octanol–water partition coefficient (Wildman–Crippen LogP) is 7.63. The second-order valence-electron chi connectivity index (χ2n) is 12.4. The first kappa shape index (κ1) is 32.4. The Bertz CT molecular complexity index is 1770. The average molecular weight is 657 g/mol. The Balaban J connectivity index is 1.16. The summed E-state index contributed by atoms with van der Waals surface area (Å²) in [6.45, 7) is 7.45. The summed E-state index contributed by atoms with van der Waals surface area (Å²) in [5, 5.41) is 8.38. The normalized spacial score (nSPS) is 16.9. The van der Waals surface area contributed by atoms with Gasteiger partial charge in [0, 0.05) is 46.1 Å². The lowest BCUT2D eigenvalue weighted by Crippen LogP contribution is -2.37. The van der Waals surface area contributed by atoms with Crippen LogP contribution in [-0.2, 0) is 11.3 Å². The van der Waals surface area contributed by atoms with Gasteiger partial charge in [-0.2, -0.15) is 5.10 Å². The van der Waals surface area contributed by atoms with Crippen molar-refractivity contribution in [1.82, 2.24) is 15.1 Å². The Hall–Kier alpha value is -4.50. The third kappa shape index (κ3) is 7.10. The molecule has 6 rings (SSSR count). The minimum absolute atomic E-state index is 0.0993. The van der Waals surface area contributed by atoms with Gasteiger partial charge in [0.15, 0.2) is 0 Å². The van der Waals surface area contributed by atoms with Crippen LogP contribution in [0, 0.1) is 12.8 Å². The van der Waals surface area contributed by atoms with Gasteiger partial charge >= 0.3 is 6.09 Å². The van der Waals surface area contributed by atoms with Gasteiger partial charge in [0.1, 0.15) is 24.7 Å². The van der Waals surface area contributed by atoms with Crippen molar-refractivity contribution in [2.75, 3.05) is 31.8 Å². The summed E-state index contributed by atoms with van der Waals surface area (Å²) in [6, 6.07) is 17.2. The number of ether oxygens (including phenoxy) is 3. The van der Waals surface area contributed by atoms with E-state index < -0.39 is 0 Å². The number of hydrogen-bond acceptors (Lipinski definition) is 6. The molecule has 1 aliphatic heterocycles. The number of fused-ring (bicyclic) bond motifs is 3. The fourth-order valence-electron chi connectivity index (χ4n) is 6.46. The van der Waals surface area contributed by atoms with Crippen LogP contribution in [-0.4, -0.2) is 54.7 Å². The highest BCUT2D eigenvalue weighted by atomic mass is 35.5. The lowest BCUT2D eigenvalue weighted by Gasteiger charge is -2.29. The monoisotopic (exact) mass is 656 g/mol. The summed E-state index contributed by atoms with van der Waals surface area (Å²) in [5.74, 6) is 2.07. The van der Waals surface area contributed by atoms with E-state index in [1.54, 1.807) is 18.1 Å². The van der Waals surface area contributed by atoms with E-state index in [-0.39, 0.29) is 31.3 Å². The maximum atomic E-state index is 13.3. The number of methoxy groups -OCH3 is 1. The van der Waals surface area contributed by atoms with Gasteiger partial charge in [0.25, 0.3) is 5.91 Å². The minimum Gasteiger partial charge on any atom is -0.496 e. The van der Waals surface area contributed by atoms with Gasteiger partial charge in [-0.15, -0.1) is 0 Å². The number of hydrogen-bond donors (Lipinski definition) is 1. The molecule has 3 atom stereocenters. The Labute approximate surface area is 280 Å². The molecule has 0 saturated heterocycles. The van der Waals surface area contributed by atoms with Crippen LogP contribution in [0.5, 0.6) is 11.5 Å². The van der Waals surface area contributed by atoms with E-state index in [1.165, 1.54) is 0 Å². The molecular formula is C37H41ClN4O5. The molecule has 2 amide bonds. The van der Waals surface area contributed by atoms with Crippen molar-refractivity contribution in [2.45, 2.75) is 58.5 Å². The molecule has 1 fully saturated rings. The molecule has 1 aliphatic carbocycles. The molecule has 2 heterocycles. The van der Waals surface area contributed by atoms with Crippen LogP contribution in [0.15, 0.2) is 67.0 Å². The van der Waals surface area contributed by atoms with E-state index in [9.17, 15) is 9.59 Å². The summed E-state index contributed by atoms with van der Waals surface area (Å²) >= 11 is 6.19. The maximum Gasteiger partial charge on any atom is 0.414 e. The summed E-state index contributed by atoms with van der Waals surface area (Å²) in [6.07, 6.45) is 6.45. The minimum atomic E-state index is -0.379. The maximum absolute atomic E-state index is 13.3. The lowest BCUT2D eigenvalue weighted by molar-refractivity contribution is 0.0938. The van der Waals surface area contributed by atoms with Crippen LogP contribution >= 0.6 is 11.6 Å². The van der Waals surface area contributed by atoms with Crippen LogP contribution in [0.3, 0.4) is 0 Å². The number of nitrogens with zero attached hydrogens (tertiary/aromatic N) is 3. The first-order valence-electron chi connectivity index (χ1n) is 16.2. The van der Waals surface area contributed by atoms with Crippen molar-refractivity contribution in [3.05, 3.63) is 94.3 Å². The summed E-state index contributed by atoms with van der Waals surface area (Å²) in [4.78, 5) is 28.0. The van der Waals surface area contributed by atoms with Gasteiger partial charge < -0.3 is 19.5 Å². The van der Waals surface area contributed by atoms with Gasteiger partial charge in [0.05, 0.1) is 25.5 Å². The predicted molar refractivity (Wildman–Crippen MR) is 183 cm³/mol. The molecule has 0 radical (unpaired) electrons. The molecule has 10 heteroatoms. The Kier molecular flexibility index (Phi) is 9.73. The number of anilines is 1. The van der Waals surface area contributed by atoms with Crippen LogP contribution in [0.4, 0.5) is 10.5 Å². The molecule has 0 spiro atoms. The smallest absolute Gasteiger partial charge is 0.414 e. The highest BCUT2D eigenvalue weighted by Crippen LogP contribution is 2.57. The molecule has 3 aromatic carbocycles. The zero-order valence-electron chi connectivity index (χ0n) is 27.3. The number of nitrogens with one attached hydrogen (secondary N) is 1. The van der Waals surface area contributed by atoms with Crippen molar-refractivity contribution in [2.24, 2.45) is 5.92 Å². The third-order valence-corrected chi connectivity index (χ3v) is 9.42. The van der Waals surface area contributed by atoms with Crippen molar-refractivity contribution in [1.29, 1.82) is 0 Å². The molecule has 0 bridgehead atoms. The van der Waals surface area contributed by atoms with Crippen LogP contribution in [0.1, 0.15) is 66.1 Å². The van der Waals surface area contributed by atoms with Crippen molar-refractivity contribution in [3.63, 3.8) is 0 Å². The number of rotatable bonds is 12. The van der Waals surface area contributed by atoms with Gasteiger partial charge in [-0.05, 0) is 86.1 Å². The highest BCUT2D eigenvalue weighted by Gasteiger charge is 2.48. The Morgan fingerprint density at radius 2 is 1.94 bits per heavy atom. The van der Waals surface area contributed by atoms with E-state index in [0.29, 0.717) is 47.0 Å². The zero-order chi connectivity index (χ0) is 33.1. The number of halogens is 1. The summed E-state index contributed by atoms with van der Waals surface area (Å²) in [5.41, 5.74) is 6.36. The van der Waals surface area contributed by atoms with Crippen molar-refractivity contribution < 1.29 is 23.8 Å². The van der Waals surface area contributed by atoms with E-state index in [0.717, 1.165) is 52.8 Å². The molecule has 4 aromatic rings. The molecule has 246 valence electrons. The third-order valence-electron chi connectivity index (χ3n) is 9.01. The highest BCUT2D eigenvalue weighted by molar-refractivity contribution is 6.31. The number of aromatic nitrogens is 2.